The number of aryl methyl sites for hydroxylation is 1. The van der Waals surface area contributed by atoms with E-state index in [1.165, 1.54) is 18.4 Å². The van der Waals surface area contributed by atoms with E-state index in [1.807, 2.05) is 7.05 Å². The highest BCUT2D eigenvalue weighted by Gasteiger charge is 2.21. The van der Waals surface area contributed by atoms with Crippen LogP contribution in [0.2, 0.25) is 0 Å². The second kappa shape index (κ2) is 8.38. The molecule has 1 aliphatic heterocycles. The molecule has 5 heteroatoms. The van der Waals surface area contributed by atoms with Crippen molar-refractivity contribution in [2.24, 2.45) is 10.9 Å². The van der Waals surface area contributed by atoms with Gasteiger partial charge in [-0.05, 0) is 50.2 Å². The Hall–Kier alpha value is -1.75. The lowest BCUT2D eigenvalue weighted by Gasteiger charge is -2.17. The van der Waals surface area contributed by atoms with Crippen LogP contribution in [0.4, 0.5) is 0 Å². The number of rotatable bonds is 7. The van der Waals surface area contributed by atoms with Gasteiger partial charge in [0.2, 0.25) is 0 Å². The Balaban J connectivity index is 1.54. The van der Waals surface area contributed by atoms with Crippen molar-refractivity contribution in [3.63, 3.8) is 0 Å². The number of benzene rings is 1. The van der Waals surface area contributed by atoms with Crippen molar-refractivity contribution < 1.29 is 9.47 Å². The largest absolute Gasteiger partial charge is 0.491 e. The van der Waals surface area contributed by atoms with E-state index in [-0.39, 0.29) is 6.10 Å². The summed E-state index contributed by atoms with van der Waals surface area (Å²) in [5.41, 5.74) is 2.35. The molecule has 0 aromatic heterocycles. The summed E-state index contributed by atoms with van der Waals surface area (Å²) in [6.07, 6.45) is 5.14. The molecule has 1 heterocycles. The fraction of sp³-hybridized carbons (Fsp3) is 0.632. The van der Waals surface area contributed by atoms with Crippen LogP contribution in [0, 0.1) is 12.8 Å². The van der Waals surface area contributed by atoms with Crippen molar-refractivity contribution in [2.75, 3.05) is 26.8 Å². The molecule has 1 unspecified atom stereocenters. The summed E-state index contributed by atoms with van der Waals surface area (Å²) in [4.78, 5) is 4.29. The van der Waals surface area contributed by atoms with Gasteiger partial charge < -0.3 is 20.1 Å². The average molecular weight is 331 g/mol. The van der Waals surface area contributed by atoms with E-state index >= 15 is 0 Å². The predicted molar refractivity (Wildman–Crippen MR) is 96.6 cm³/mol. The first-order valence-corrected chi connectivity index (χ1v) is 9.03. The van der Waals surface area contributed by atoms with Crippen molar-refractivity contribution in [2.45, 2.75) is 45.3 Å². The van der Waals surface area contributed by atoms with Gasteiger partial charge in [0.15, 0.2) is 5.96 Å². The van der Waals surface area contributed by atoms with Crippen molar-refractivity contribution >= 4 is 5.96 Å². The highest BCUT2D eigenvalue weighted by atomic mass is 16.5. The van der Waals surface area contributed by atoms with Crippen molar-refractivity contribution in [3.8, 4) is 5.75 Å². The zero-order valence-corrected chi connectivity index (χ0v) is 14.8. The zero-order valence-electron chi connectivity index (χ0n) is 14.8. The minimum atomic E-state index is 0.235. The number of hydrogen-bond donors (Lipinski definition) is 2. The Morgan fingerprint density at radius 1 is 1.29 bits per heavy atom. The van der Waals surface area contributed by atoms with Gasteiger partial charge in [-0.25, -0.2) is 0 Å². The summed E-state index contributed by atoms with van der Waals surface area (Å²) in [5.74, 6) is 2.62. The first kappa shape index (κ1) is 17.1. The van der Waals surface area contributed by atoms with E-state index in [0.717, 1.165) is 49.2 Å². The maximum absolute atomic E-state index is 6.05. The van der Waals surface area contributed by atoms with Crippen LogP contribution < -0.4 is 15.4 Å². The van der Waals surface area contributed by atoms with Crippen LogP contribution in [-0.4, -0.2) is 38.9 Å². The molecule has 3 rings (SSSR count). The normalized spacial score (nSPS) is 20.9. The van der Waals surface area contributed by atoms with E-state index in [4.69, 9.17) is 9.47 Å². The molecule has 1 saturated heterocycles. The zero-order chi connectivity index (χ0) is 16.8. The van der Waals surface area contributed by atoms with E-state index in [0.29, 0.717) is 13.2 Å². The molecule has 2 fully saturated rings. The summed E-state index contributed by atoms with van der Waals surface area (Å²) in [7, 11) is 1.81. The predicted octanol–water partition coefficient (Wildman–Crippen LogP) is 2.63. The van der Waals surface area contributed by atoms with Crippen LogP contribution >= 0.6 is 0 Å². The summed E-state index contributed by atoms with van der Waals surface area (Å²) in [6, 6.07) is 6.35. The van der Waals surface area contributed by atoms with Gasteiger partial charge >= 0.3 is 0 Å². The average Bonchev–Trinajstić information content (AvgIpc) is 3.27. The molecular weight excluding hydrogens is 302 g/mol. The molecule has 1 saturated carbocycles. The molecule has 0 radical (unpaired) electrons. The number of hydrogen-bond acceptors (Lipinski definition) is 3. The third-order valence-electron chi connectivity index (χ3n) is 4.60. The molecule has 2 aliphatic rings. The van der Waals surface area contributed by atoms with Gasteiger partial charge in [0.25, 0.3) is 0 Å². The van der Waals surface area contributed by atoms with E-state index < -0.39 is 0 Å². The fourth-order valence-corrected chi connectivity index (χ4v) is 2.86. The molecule has 1 aromatic carbocycles. The molecular formula is C19H29N3O2. The Kier molecular flexibility index (Phi) is 5.96. The summed E-state index contributed by atoms with van der Waals surface area (Å²) >= 11 is 0. The second-order valence-electron chi connectivity index (χ2n) is 6.81. The van der Waals surface area contributed by atoms with Gasteiger partial charge in [-0.2, -0.15) is 0 Å². The third kappa shape index (κ3) is 5.13. The van der Waals surface area contributed by atoms with Gasteiger partial charge in [0, 0.05) is 32.3 Å². The fourth-order valence-electron chi connectivity index (χ4n) is 2.86. The standard InChI is InChI=1S/C19H29N3O2/c1-14-5-8-16(12-22-19(20-2)21-11-15-6-7-15)18(10-14)24-13-17-4-3-9-23-17/h5,8,10,15,17H,3-4,6-7,9,11-13H2,1-2H3,(H2,20,21,22). The summed E-state index contributed by atoms with van der Waals surface area (Å²) in [6.45, 7) is 5.29. The smallest absolute Gasteiger partial charge is 0.191 e. The van der Waals surface area contributed by atoms with Gasteiger partial charge in [0.05, 0.1) is 6.10 Å². The third-order valence-corrected chi connectivity index (χ3v) is 4.60. The number of ether oxygens (including phenoxy) is 2. The molecule has 5 nitrogen and oxygen atoms in total. The Labute approximate surface area is 144 Å². The van der Waals surface area contributed by atoms with Crippen LogP contribution in [0.1, 0.15) is 36.8 Å². The SMILES string of the molecule is CN=C(NCc1ccc(C)cc1OCC1CCCO1)NCC1CC1. The number of nitrogens with zero attached hydrogens (tertiary/aromatic N) is 1. The Morgan fingerprint density at radius 2 is 2.17 bits per heavy atom. The lowest BCUT2D eigenvalue weighted by molar-refractivity contribution is 0.0676. The van der Waals surface area contributed by atoms with E-state index in [2.05, 4.69) is 40.7 Å². The van der Waals surface area contributed by atoms with Crippen LogP contribution in [0.25, 0.3) is 0 Å². The molecule has 1 aromatic rings. The van der Waals surface area contributed by atoms with E-state index in [9.17, 15) is 0 Å². The van der Waals surface area contributed by atoms with Crippen LogP contribution in [-0.2, 0) is 11.3 Å². The minimum Gasteiger partial charge on any atom is -0.491 e. The van der Waals surface area contributed by atoms with Crippen LogP contribution in [0.15, 0.2) is 23.2 Å². The monoisotopic (exact) mass is 331 g/mol. The molecule has 1 aliphatic carbocycles. The Bertz CT molecular complexity index is 564. The molecule has 24 heavy (non-hydrogen) atoms. The summed E-state index contributed by atoms with van der Waals surface area (Å²) in [5, 5.41) is 6.77. The van der Waals surface area contributed by atoms with Crippen molar-refractivity contribution in [3.05, 3.63) is 29.3 Å². The van der Waals surface area contributed by atoms with E-state index in [1.54, 1.807) is 0 Å². The lowest BCUT2D eigenvalue weighted by Crippen LogP contribution is -2.37. The first-order chi connectivity index (χ1) is 11.7. The molecule has 0 bridgehead atoms. The number of guanidine groups is 1. The maximum Gasteiger partial charge on any atom is 0.191 e. The van der Waals surface area contributed by atoms with Crippen molar-refractivity contribution in [1.82, 2.24) is 10.6 Å². The highest BCUT2D eigenvalue weighted by Crippen LogP contribution is 2.27. The number of nitrogens with one attached hydrogen (secondary N) is 2. The maximum atomic E-state index is 6.05. The van der Waals surface area contributed by atoms with Gasteiger partial charge in [-0.1, -0.05) is 12.1 Å². The van der Waals surface area contributed by atoms with Gasteiger partial charge in [-0.15, -0.1) is 0 Å². The molecule has 0 amide bonds. The minimum absolute atomic E-state index is 0.235. The molecule has 0 spiro atoms. The summed E-state index contributed by atoms with van der Waals surface area (Å²) < 4.78 is 11.7. The highest BCUT2D eigenvalue weighted by molar-refractivity contribution is 5.79. The topological polar surface area (TPSA) is 54.9 Å². The number of aliphatic imine (C=N–C) groups is 1. The molecule has 1 atom stereocenters. The van der Waals surface area contributed by atoms with Crippen molar-refractivity contribution in [1.29, 1.82) is 0 Å². The first-order valence-electron chi connectivity index (χ1n) is 9.03. The van der Waals surface area contributed by atoms with Gasteiger partial charge in [0.1, 0.15) is 12.4 Å². The van der Waals surface area contributed by atoms with Crippen LogP contribution in [0.3, 0.4) is 0 Å². The molecule has 132 valence electrons. The quantitative estimate of drug-likeness (QED) is 0.596. The second-order valence-corrected chi connectivity index (χ2v) is 6.81. The molecule has 2 N–H and O–H groups in total. The lowest BCUT2D eigenvalue weighted by atomic mass is 10.1. The van der Waals surface area contributed by atoms with Gasteiger partial charge in [-0.3, -0.25) is 4.99 Å². The van der Waals surface area contributed by atoms with Crippen LogP contribution in [0.5, 0.6) is 5.75 Å². The Morgan fingerprint density at radius 3 is 2.88 bits per heavy atom.